The van der Waals surface area contributed by atoms with Crippen LogP contribution in [0.4, 0.5) is 13.6 Å². The average molecular weight is 393 g/mol. The number of amides is 4. The second-order valence-electron chi connectivity index (χ2n) is 7.54. The third-order valence-corrected chi connectivity index (χ3v) is 5.71. The highest BCUT2D eigenvalue weighted by molar-refractivity contribution is 6.09. The Kier molecular flexibility index (Phi) is 5.67. The van der Waals surface area contributed by atoms with Crippen LogP contribution in [0.3, 0.4) is 0 Å². The van der Waals surface area contributed by atoms with E-state index in [9.17, 15) is 23.2 Å². The second-order valence-corrected chi connectivity index (χ2v) is 7.54. The van der Waals surface area contributed by atoms with Gasteiger partial charge in [-0.15, -0.1) is 0 Å². The largest absolute Gasteiger partial charge is 0.338 e. The molecule has 1 atom stereocenters. The Labute approximate surface area is 162 Å². The minimum Gasteiger partial charge on any atom is -0.338 e. The summed E-state index contributed by atoms with van der Waals surface area (Å²) in [5.41, 5.74) is -2.02. The molecule has 6 nitrogen and oxygen atoms in total. The fourth-order valence-corrected chi connectivity index (χ4v) is 4.16. The van der Waals surface area contributed by atoms with Gasteiger partial charge < -0.3 is 10.2 Å². The summed E-state index contributed by atoms with van der Waals surface area (Å²) in [5, 5.41) is 2.42. The lowest BCUT2D eigenvalue weighted by Crippen LogP contribution is -2.48. The maximum atomic E-state index is 14.2. The minimum atomic E-state index is -1.76. The number of carbonyl (C=O) groups excluding carboxylic acids is 3. The standard InChI is InChI=1S/C20H25F2N3O3/c1-3-24(14-7-5-4-6-8-14)17(26)12-25-18(27)20(2,23-19(25)28)15-11-13(21)9-10-16(15)22/h9-11,14H,3-8,12H2,1-2H3,(H,23,28). The molecule has 1 aliphatic heterocycles. The smallest absolute Gasteiger partial charge is 0.325 e. The summed E-state index contributed by atoms with van der Waals surface area (Å²) in [4.78, 5) is 40.6. The maximum Gasteiger partial charge on any atom is 0.325 e. The van der Waals surface area contributed by atoms with E-state index in [1.807, 2.05) is 6.92 Å². The van der Waals surface area contributed by atoms with Crippen LogP contribution in [0.1, 0.15) is 51.5 Å². The zero-order chi connectivity index (χ0) is 20.5. The first kappa shape index (κ1) is 20.2. The summed E-state index contributed by atoms with van der Waals surface area (Å²) in [6.45, 7) is 3.25. The molecule has 1 saturated heterocycles. The number of urea groups is 1. The van der Waals surface area contributed by atoms with E-state index in [0.29, 0.717) is 6.54 Å². The summed E-state index contributed by atoms with van der Waals surface area (Å²) in [7, 11) is 0. The lowest BCUT2D eigenvalue weighted by molar-refractivity contribution is -0.140. The highest BCUT2D eigenvalue weighted by atomic mass is 19.1. The number of hydrogen-bond donors (Lipinski definition) is 1. The number of nitrogens with one attached hydrogen (secondary N) is 1. The van der Waals surface area contributed by atoms with Gasteiger partial charge in [0.2, 0.25) is 5.91 Å². The molecule has 1 aliphatic carbocycles. The summed E-state index contributed by atoms with van der Waals surface area (Å²) in [5.74, 6) is -2.61. The molecule has 1 aromatic carbocycles. The van der Waals surface area contributed by atoms with Crippen molar-refractivity contribution in [3.8, 4) is 0 Å². The molecule has 1 unspecified atom stereocenters. The quantitative estimate of drug-likeness (QED) is 0.782. The zero-order valence-corrected chi connectivity index (χ0v) is 16.1. The van der Waals surface area contributed by atoms with Crippen molar-refractivity contribution in [3.63, 3.8) is 0 Å². The topological polar surface area (TPSA) is 69.7 Å². The molecule has 2 aliphatic rings. The third kappa shape index (κ3) is 3.59. The molecule has 0 aromatic heterocycles. The first-order chi connectivity index (χ1) is 13.3. The molecule has 0 spiro atoms. The van der Waals surface area contributed by atoms with E-state index in [0.717, 1.165) is 55.2 Å². The Morgan fingerprint density at radius 3 is 2.57 bits per heavy atom. The van der Waals surface area contributed by atoms with Crippen LogP contribution in [0, 0.1) is 11.6 Å². The SMILES string of the molecule is CCN(C(=O)CN1C(=O)NC(C)(c2cc(F)ccc2F)C1=O)C1CCCCC1. The van der Waals surface area contributed by atoms with Crippen molar-refractivity contribution in [2.45, 2.75) is 57.5 Å². The van der Waals surface area contributed by atoms with Gasteiger partial charge >= 0.3 is 6.03 Å². The molecule has 1 N–H and O–H groups in total. The van der Waals surface area contributed by atoms with Crippen molar-refractivity contribution >= 4 is 17.8 Å². The van der Waals surface area contributed by atoms with Crippen molar-refractivity contribution in [1.82, 2.24) is 15.1 Å². The Bertz CT molecular complexity index is 795. The van der Waals surface area contributed by atoms with Gasteiger partial charge in [0.1, 0.15) is 23.7 Å². The van der Waals surface area contributed by atoms with E-state index < -0.39 is 35.7 Å². The number of imide groups is 1. The molecule has 2 fully saturated rings. The van der Waals surface area contributed by atoms with E-state index >= 15 is 0 Å². The zero-order valence-electron chi connectivity index (χ0n) is 16.1. The number of hydrogen-bond acceptors (Lipinski definition) is 3. The number of halogens is 2. The molecule has 4 amide bonds. The molecule has 8 heteroatoms. The molecule has 28 heavy (non-hydrogen) atoms. The van der Waals surface area contributed by atoms with Gasteiger partial charge in [-0.05, 0) is 44.9 Å². The second kappa shape index (κ2) is 7.85. The predicted molar refractivity (Wildman–Crippen MR) is 98.2 cm³/mol. The van der Waals surface area contributed by atoms with Gasteiger partial charge in [0.25, 0.3) is 5.91 Å². The van der Waals surface area contributed by atoms with Gasteiger partial charge in [-0.25, -0.2) is 13.6 Å². The van der Waals surface area contributed by atoms with E-state index in [1.165, 1.54) is 6.92 Å². The van der Waals surface area contributed by atoms with Gasteiger partial charge in [0.05, 0.1) is 0 Å². The number of benzene rings is 1. The number of likely N-dealkylation sites (N-methyl/N-ethyl adjacent to an activating group) is 1. The van der Waals surface area contributed by atoms with E-state index in [4.69, 9.17) is 0 Å². The fourth-order valence-electron chi connectivity index (χ4n) is 4.16. The van der Waals surface area contributed by atoms with E-state index in [1.54, 1.807) is 4.90 Å². The molecule has 0 radical (unpaired) electrons. The van der Waals surface area contributed by atoms with Gasteiger partial charge in [-0.2, -0.15) is 0 Å². The molecule has 152 valence electrons. The average Bonchev–Trinajstić information content (AvgIpc) is 2.89. The van der Waals surface area contributed by atoms with Gasteiger partial charge in [0.15, 0.2) is 0 Å². The van der Waals surface area contributed by atoms with Crippen LogP contribution in [0.5, 0.6) is 0 Å². The highest BCUT2D eigenvalue weighted by Gasteiger charge is 2.51. The van der Waals surface area contributed by atoms with Crippen LogP contribution >= 0.6 is 0 Å². The molecule has 1 saturated carbocycles. The Morgan fingerprint density at radius 1 is 1.25 bits per heavy atom. The van der Waals surface area contributed by atoms with E-state index in [-0.39, 0.29) is 17.5 Å². The number of rotatable bonds is 5. The van der Waals surface area contributed by atoms with Crippen molar-refractivity contribution < 1.29 is 23.2 Å². The van der Waals surface area contributed by atoms with Crippen LogP contribution in [0.15, 0.2) is 18.2 Å². The Balaban J connectivity index is 1.79. The number of carbonyl (C=O) groups is 3. The normalized spacial score (nSPS) is 23.1. The first-order valence-corrected chi connectivity index (χ1v) is 9.67. The third-order valence-electron chi connectivity index (χ3n) is 5.71. The maximum absolute atomic E-state index is 14.2. The molecular weight excluding hydrogens is 368 g/mol. The Morgan fingerprint density at radius 2 is 1.93 bits per heavy atom. The van der Waals surface area contributed by atoms with E-state index in [2.05, 4.69) is 5.32 Å². The fraction of sp³-hybridized carbons (Fsp3) is 0.550. The first-order valence-electron chi connectivity index (χ1n) is 9.67. The summed E-state index contributed by atoms with van der Waals surface area (Å²) in [6.07, 6.45) is 5.06. The van der Waals surface area contributed by atoms with Gasteiger partial charge in [-0.1, -0.05) is 19.3 Å². The molecule has 1 heterocycles. The minimum absolute atomic E-state index is 0.110. The lowest BCUT2D eigenvalue weighted by atomic mass is 9.91. The predicted octanol–water partition coefficient (Wildman–Crippen LogP) is 2.91. The van der Waals surface area contributed by atoms with Crippen molar-refractivity contribution in [2.24, 2.45) is 0 Å². The molecule has 1 aromatic rings. The number of nitrogens with zero attached hydrogens (tertiary/aromatic N) is 2. The molecule has 3 rings (SSSR count). The highest BCUT2D eigenvalue weighted by Crippen LogP contribution is 2.31. The van der Waals surface area contributed by atoms with Crippen molar-refractivity contribution in [1.29, 1.82) is 0 Å². The monoisotopic (exact) mass is 393 g/mol. The van der Waals surface area contributed by atoms with Crippen LogP contribution in [0.25, 0.3) is 0 Å². The summed E-state index contributed by atoms with van der Waals surface area (Å²) < 4.78 is 27.8. The van der Waals surface area contributed by atoms with Crippen LogP contribution in [0.2, 0.25) is 0 Å². The molecule has 0 bridgehead atoms. The lowest BCUT2D eigenvalue weighted by Gasteiger charge is -2.34. The van der Waals surface area contributed by atoms with Crippen LogP contribution in [-0.4, -0.2) is 46.8 Å². The summed E-state index contributed by atoms with van der Waals surface area (Å²) >= 11 is 0. The van der Waals surface area contributed by atoms with Crippen LogP contribution in [-0.2, 0) is 15.1 Å². The Hall–Kier alpha value is -2.51. The summed E-state index contributed by atoms with van der Waals surface area (Å²) in [6, 6.07) is 2.06. The van der Waals surface area contributed by atoms with Gasteiger partial charge in [0, 0.05) is 18.2 Å². The van der Waals surface area contributed by atoms with Crippen molar-refractivity contribution in [3.05, 3.63) is 35.4 Å². The van der Waals surface area contributed by atoms with Crippen LogP contribution < -0.4 is 5.32 Å². The molecular formula is C20H25F2N3O3. The van der Waals surface area contributed by atoms with Gasteiger partial charge in [-0.3, -0.25) is 14.5 Å². The van der Waals surface area contributed by atoms with Crippen molar-refractivity contribution in [2.75, 3.05) is 13.1 Å².